The number of unbranched alkanes of at least 4 members (excludes halogenated alkanes) is 1. The minimum atomic E-state index is -0.369. The van der Waals surface area contributed by atoms with Crippen molar-refractivity contribution in [2.45, 2.75) is 51.2 Å². The molecule has 0 aromatic carbocycles. The Morgan fingerprint density at radius 3 is 2.77 bits per heavy atom. The standard InChI is InChI=1S/C15H29N3O2.2ClH/c1-12-5-4-8-18(11-12)7-3-2-6-16-15(20)14-9-13(19)10-17-14;;/h12-14,17,19H,2-11H2,1H3,(H,16,20);2*1H. The van der Waals surface area contributed by atoms with E-state index in [1.54, 1.807) is 0 Å². The summed E-state index contributed by atoms with van der Waals surface area (Å²) in [6.45, 7) is 7.23. The van der Waals surface area contributed by atoms with E-state index in [-0.39, 0.29) is 42.9 Å². The lowest BCUT2D eigenvalue weighted by Gasteiger charge is -2.30. The quantitative estimate of drug-likeness (QED) is 0.626. The summed E-state index contributed by atoms with van der Waals surface area (Å²) in [7, 11) is 0. The van der Waals surface area contributed by atoms with Crippen LogP contribution >= 0.6 is 24.8 Å². The van der Waals surface area contributed by atoms with Crippen LogP contribution < -0.4 is 10.6 Å². The van der Waals surface area contributed by atoms with Gasteiger partial charge in [0, 0.05) is 19.6 Å². The summed E-state index contributed by atoms with van der Waals surface area (Å²) < 4.78 is 0. The number of piperidine rings is 1. The first-order valence-corrected chi connectivity index (χ1v) is 8.06. The number of rotatable bonds is 6. The number of amides is 1. The molecular weight excluding hydrogens is 325 g/mol. The zero-order valence-electron chi connectivity index (χ0n) is 13.4. The van der Waals surface area contributed by atoms with E-state index in [0.29, 0.717) is 13.0 Å². The molecule has 7 heteroatoms. The van der Waals surface area contributed by atoms with Crippen LogP contribution in [0.4, 0.5) is 0 Å². The van der Waals surface area contributed by atoms with Gasteiger partial charge in [0.05, 0.1) is 12.1 Å². The van der Waals surface area contributed by atoms with Crippen molar-refractivity contribution in [2.24, 2.45) is 5.92 Å². The fourth-order valence-corrected chi connectivity index (χ4v) is 3.20. The van der Waals surface area contributed by atoms with Crippen LogP contribution in [0, 0.1) is 5.92 Å². The first-order chi connectivity index (χ1) is 9.65. The first-order valence-electron chi connectivity index (χ1n) is 8.06. The minimum Gasteiger partial charge on any atom is -0.392 e. The zero-order valence-corrected chi connectivity index (χ0v) is 15.1. The molecule has 2 fully saturated rings. The monoisotopic (exact) mass is 355 g/mol. The van der Waals surface area contributed by atoms with Crippen LogP contribution in [0.15, 0.2) is 0 Å². The lowest BCUT2D eigenvalue weighted by molar-refractivity contribution is -0.122. The average Bonchev–Trinajstić information content (AvgIpc) is 2.85. The van der Waals surface area contributed by atoms with Crippen molar-refractivity contribution < 1.29 is 9.90 Å². The number of β-amino-alcohol motifs (C(OH)–C–C–N with tert-alkyl or cyclic N) is 1. The van der Waals surface area contributed by atoms with Crippen molar-refractivity contribution in [3.8, 4) is 0 Å². The Labute approximate surface area is 146 Å². The van der Waals surface area contributed by atoms with Gasteiger partial charge in [-0.1, -0.05) is 6.92 Å². The molecule has 2 rings (SSSR count). The fraction of sp³-hybridized carbons (Fsp3) is 0.933. The molecular formula is C15H31Cl2N3O2. The summed E-state index contributed by atoms with van der Waals surface area (Å²) >= 11 is 0. The molecule has 0 radical (unpaired) electrons. The predicted octanol–water partition coefficient (Wildman–Crippen LogP) is 1.18. The Hall–Kier alpha value is -0.0700. The number of aliphatic hydroxyl groups is 1. The van der Waals surface area contributed by atoms with Gasteiger partial charge < -0.3 is 20.6 Å². The summed E-state index contributed by atoms with van der Waals surface area (Å²) in [5, 5.41) is 15.4. The van der Waals surface area contributed by atoms with Crippen LogP contribution in [0.2, 0.25) is 0 Å². The van der Waals surface area contributed by atoms with E-state index in [1.165, 1.54) is 25.9 Å². The lowest BCUT2D eigenvalue weighted by Crippen LogP contribution is -2.41. The van der Waals surface area contributed by atoms with Crippen molar-refractivity contribution in [1.82, 2.24) is 15.5 Å². The van der Waals surface area contributed by atoms with Gasteiger partial charge >= 0.3 is 0 Å². The number of halogens is 2. The van der Waals surface area contributed by atoms with E-state index in [1.807, 2.05) is 0 Å². The molecule has 22 heavy (non-hydrogen) atoms. The summed E-state index contributed by atoms with van der Waals surface area (Å²) in [6.07, 6.45) is 5.05. The Morgan fingerprint density at radius 2 is 2.14 bits per heavy atom. The van der Waals surface area contributed by atoms with Crippen molar-refractivity contribution in [3.63, 3.8) is 0 Å². The van der Waals surface area contributed by atoms with Crippen LogP contribution in [0.25, 0.3) is 0 Å². The molecule has 2 aliphatic rings. The largest absolute Gasteiger partial charge is 0.392 e. The number of hydrogen-bond acceptors (Lipinski definition) is 4. The number of nitrogens with one attached hydrogen (secondary N) is 2. The molecule has 2 aliphatic heterocycles. The zero-order chi connectivity index (χ0) is 14.4. The van der Waals surface area contributed by atoms with Crippen molar-refractivity contribution in [3.05, 3.63) is 0 Å². The summed E-state index contributed by atoms with van der Waals surface area (Å²) in [6, 6.07) is -0.201. The molecule has 5 nitrogen and oxygen atoms in total. The molecule has 0 aromatic rings. The van der Waals surface area contributed by atoms with Crippen molar-refractivity contribution in [1.29, 1.82) is 0 Å². The molecule has 2 heterocycles. The molecule has 3 N–H and O–H groups in total. The smallest absolute Gasteiger partial charge is 0.237 e. The molecule has 2 saturated heterocycles. The molecule has 0 aromatic heterocycles. The average molecular weight is 356 g/mol. The SMILES string of the molecule is CC1CCCN(CCCCNC(=O)C2CC(O)CN2)C1.Cl.Cl. The van der Waals surface area contributed by atoms with E-state index in [2.05, 4.69) is 22.5 Å². The van der Waals surface area contributed by atoms with Gasteiger partial charge in [0.25, 0.3) is 0 Å². The van der Waals surface area contributed by atoms with Gasteiger partial charge in [0.15, 0.2) is 0 Å². The van der Waals surface area contributed by atoms with E-state index >= 15 is 0 Å². The third kappa shape index (κ3) is 7.47. The third-order valence-electron chi connectivity index (χ3n) is 4.37. The van der Waals surface area contributed by atoms with Gasteiger partial charge in [-0.3, -0.25) is 4.79 Å². The molecule has 3 atom stereocenters. The van der Waals surface area contributed by atoms with Crippen LogP contribution in [-0.4, -0.2) is 60.8 Å². The maximum atomic E-state index is 11.8. The Bertz CT molecular complexity index is 321. The number of likely N-dealkylation sites (tertiary alicyclic amines) is 1. The van der Waals surface area contributed by atoms with Crippen molar-refractivity contribution in [2.75, 3.05) is 32.7 Å². The second-order valence-corrected chi connectivity index (χ2v) is 6.40. The van der Waals surface area contributed by atoms with Gasteiger partial charge in [-0.05, 0) is 51.1 Å². The van der Waals surface area contributed by atoms with Crippen LogP contribution in [0.3, 0.4) is 0 Å². The molecule has 0 bridgehead atoms. The Kier molecular flexibility index (Phi) is 11.4. The number of carbonyl (C=O) groups excluding carboxylic acids is 1. The summed E-state index contributed by atoms with van der Waals surface area (Å²) in [4.78, 5) is 14.4. The Balaban J connectivity index is 0.00000220. The molecule has 0 saturated carbocycles. The topological polar surface area (TPSA) is 64.6 Å². The van der Waals surface area contributed by atoms with Gasteiger partial charge in [-0.15, -0.1) is 24.8 Å². The predicted molar refractivity (Wildman–Crippen MR) is 94.0 cm³/mol. The van der Waals surface area contributed by atoms with Gasteiger partial charge in [-0.25, -0.2) is 0 Å². The molecule has 1 amide bonds. The minimum absolute atomic E-state index is 0. The number of aliphatic hydroxyl groups excluding tert-OH is 1. The fourth-order valence-electron chi connectivity index (χ4n) is 3.20. The van der Waals surface area contributed by atoms with Crippen LogP contribution in [-0.2, 0) is 4.79 Å². The molecule has 0 spiro atoms. The lowest BCUT2D eigenvalue weighted by atomic mass is 10.0. The maximum Gasteiger partial charge on any atom is 0.237 e. The van der Waals surface area contributed by atoms with Gasteiger partial charge in [-0.2, -0.15) is 0 Å². The highest BCUT2D eigenvalue weighted by Gasteiger charge is 2.27. The summed E-state index contributed by atoms with van der Waals surface area (Å²) in [5.41, 5.74) is 0. The molecule has 0 aliphatic carbocycles. The second kappa shape index (κ2) is 11.5. The molecule has 3 unspecified atom stereocenters. The summed E-state index contributed by atoms with van der Waals surface area (Å²) in [5.74, 6) is 0.872. The second-order valence-electron chi connectivity index (χ2n) is 6.40. The van der Waals surface area contributed by atoms with Crippen LogP contribution in [0.5, 0.6) is 0 Å². The molecule has 132 valence electrons. The highest BCUT2D eigenvalue weighted by atomic mass is 35.5. The van der Waals surface area contributed by atoms with E-state index in [0.717, 1.165) is 31.8 Å². The highest BCUT2D eigenvalue weighted by molar-refractivity contribution is 5.85. The number of hydrogen-bond donors (Lipinski definition) is 3. The van der Waals surface area contributed by atoms with E-state index < -0.39 is 0 Å². The van der Waals surface area contributed by atoms with Gasteiger partial charge in [0.1, 0.15) is 0 Å². The van der Waals surface area contributed by atoms with E-state index in [4.69, 9.17) is 0 Å². The number of carbonyl (C=O) groups is 1. The third-order valence-corrected chi connectivity index (χ3v) is 4.37. The van der Waals surface area contributed by atoms with E-state index in [9.17, 15) is 9.90 Å². The first kappa shape index (κ1) is 21.9. The highest BCUT2D eigenvalue weighted by Crippen LogP contribution is 2.15. The Morgan fingerprint density at radius 1 is 1.36 bits per heavy atom. The van der Waals surface area contributed by atoms with Crippen molar-refractivity contribution >= 4 is 30.7 Å². The normalized spacial score (nSPS) is 28.5. The van der Waals surface area contributed by atoms with Gasteiger partial charge in [0.2, 0.25) is 5.91 Å². The van der Waals surface area contributed by atoms with Crippen LogP contribution in [0.1, 0.15) is 39.0 Å². The maximum absolute atomic E-state index is 11.8. The number of nitrogens with zero attached hydrogens (tertiary/aromatic N) is 1.